The summed E-state index contributed by atoms with van der Waals surface area (Å²) in [7, 11) is 0. The maximum absolute atomic E-state index is 12.4. The summed E-state index contributed by atoms with van der Waals surface area (Å²) in [6.07, 6.45) is 10.4. The van der Waals surface area contributed by atoms with Crippen molar-refractivity contribution < 1.29 is 14.7 Å². The molecule has 0 saturated heterocycles. The van der Waals surface area contributed by atoms with Gasteiger partial charge in [0.2, 0.25) is 5.91 Å². The van der Waals surface area contributed by atoms with Gasteiger partial charge in [-0.05, 0) is 44.9 Å². The number of rotatable bonds is 6. The number of hydrogen-bond acceptors (Lipinski definition) is 2. The van der Waals surface area contributed by atoms with Gasteiger partial charge in [-0.2, -0.15) is 0 Å². The van der Waals surface area contributed by atoms with Gasteiger partial charge in [-0.3, -0.25) is 9.59 Å². The molecular weight excluding hydrogens is 254 g/mol. The van der Waals surface area contributed by atoms with Crippen molar-refractivity contribution in [1.29, 1.82) is 0 Å². The predicted molar refractivity (Wildman–Crippen MR) is 79.4 cm³/mol. The lowest BCUT2D eigenvalue weighted by atomic mass is 9.86. The molecule has 0 spiro atoms. The highest BCUT2D eigenvalue weighted by molar-refractivity contribution is 5.80. The van der Waals surface area contributed by atoms with Crippen LogP contribution < -0.4 is 5.32 Å². The molecule has 1 aliphatic rings. The van der Waals surface area contributed by atoms with Gasteiger partial charge in [-0.1, -0.05) is 26.0 Å². The number of carboxylic acids is 1. The standard InChI is InChI=1S/C16H27NO3/c1-3-16(4-2,12-14(18)19)17-15(20)13-10-8-6-5-7-9-11-13/h5-6,13H,3-4,7-12H2,1-2H3,(H,17,20)(H,18,19). The van der Waals surface area contributed by atoms with Crippen molar-refractivity contribution in [2.75, 3.05) is 0 Å². The molecule has 0 aromatic rings. The van der Waals surface area contributed by atoms with Crippen molar-refractivity contribution in [1.82, 2.24) is 5.32 Å². The maximum atomic E-state index is 12.4. The van der Waals surface area contributed by atoms with Crippen LogP contribution in [0.4, 0.5) is 0 Å². The van der Waals surface area contributed by atoms with E-state index in [4.69, 9.17) is 5.11 Å². The first kappa shape index (κ1) is 16.7. The zero-order valence-electron chi connectivity index (χ0n) is 12.7. The molecule has 4 heteroatoms. The summed E-state index contributed by atoms with van der Waals surface area (Å²) in [4.78, 5) is 23.5. The number of nitrogens with one attached hydrogen (secondary N) is 1. The molecule has 1 atom stereocenters. The third-order valence-corrected chi connectivity index (χ3v) is 4.37. The van der Waals surface area contributed by atoms with E-state index in [9.17, 15) is 9.59 Å². The number of carboxylic acid groups (broad SMARTS) is 1. The van der Waals surface area contributed by atoms with Crippen molar-refractivity contribution in [2.24, 2.45) is 5.92 Å². The molecule has 0 fully saturated rings. The van der Waals surface area contributed by atoms with Crippen LogP contribution in [0.15, 0.2) is 12.2 Å². The largest absolute Gasteiger partial charge is 0.481 e. The molecule has 4 nitrogen and oxygen atoms in total. The van der Waals surface area contributed by atoms with Crippen molar-refractivity contribution in [3.05, 3.63) is 12.2 Å². The monoisotopic (exact) mass is 281 g/mol. The highest BCUT2D eigenvalue weighted by Crippen LogP contribution is 2.24. The maximum Gasteiger partial charge on any atom is 0.305 e. The molecule has 0 heterocycles. The van der Waals surface area contributed by atoms with E-state index >= 15 is 0 Å². The Morgan fingerprint density at radius 1 is 1.20 bits per heavy atom. The summed E-state index contributed by atoms with van der Waals surface area (Å²) < 4.78 is 0. The third-order valence-electron chi connectivity index (χ3n) is 4.37. The van der Waals surface area contributed by atoms with Crippen LogP contribution in [0.25, 0.3) is 0 Å². The predicted octanol–water partition coefficient (Wildman–Crippen LogP) is 3.27. The Kier molecular flexibility index (Phi) is 6.76. The normalized spacial score (nSPS) is 20.0. The zero-order valence-corrected chi connectivity index (χ0v) is 12.7. The number of carbonyl (C=O) groups excluding carboxylic acids is 1. The Morgan fingerprint density at radius 2 is 1.85 bits per heavy atom. The van der Waals surface area contributed by atoms with Gasteiger partial charge in [-0.15, -0.1) is 0 Å². The molecule has 1 rings (SSSR count). The Bertz CT molecular complexity index is 359. The number of allylic oxidation sites excluding steroid dienone is 2. The van der Waals surface area contributed by atoms with E-state index in [1.807, 2.05) is 13.8 Å². The molecular formula is C16H27NO3. The second kappa shape index (κ2) is 8.08. The topological polar surface area (TPSA) is 66.4 Å². The second-order valence-corrected chi connectivity index (χ2v) is 5.72. The summed E-state index contributed by atoms with van der Waals surface area (Å²) in [5.74, 6) is -0.800. The fourth-order valence-electron chi connectivity index (χ4n) is 2.80. The molecule has 1 unspecified atom stereocenters. The summed E-state index contributed by atoms with van der Waals surface area (Å²) in [5, 5.41) is 12.1. The summed E-state index contributed by atoms with van der Waals surface area (Å²) in [6, 6.07) is 0. The molecule has 0 radical (unpaired) electrons. The first-order valence-electron chi connectivity index (χ1n) is 7.72. The Morgan fingerprint density at radius 3 is 2.45 bits per heavy atom. The highest BCUT2D eigenvalue weighted by atomic mass is 16.4. The molecule has 0 aromatic carbocycles. The van der Waals surface area contributed by atoms with Gasteiger partial charge in [-0.25, -0.2) is 0 Å². The fourth-order valence-corrected chi connectivity index (χ4v) is 2.80. The average Bonchev–Trinajstić information content (AvgIpc) is 2.36. The lowest BCUT2D eigenvalue weighted by Gasteiger charge is -2.33. The molecule has 114 valence electrons. The van der Waals surface area contributed by atoms with Gasteiger partial charge >= 0.3 is 5.97 Å². The summed E-state index contributed by atoms with van der Waals surface area (Å²) in [6.45, 7) is 3.88. The van der Waals surface area contributed by atoms with Crippen LogP contribution in [-0.2, 0) is 9.59 Å². The molecule has 1 aliphatic carbocycles. The van der Waals surface area contributed by atoms with Gasteiger partial charge in [0.15, 0.2) is 0 Å². The SMILES string of the molecule is CCC(CC)(CC(=O)O)NC(=O)C1CCC=CCCC1. The third kappa shape index (κ3) is 4.99. The van der Waals surface area contributed by atoms with E-state index < -0.39 is 11.5 Å². The minimum Gasteiger partial charge on any atom is -0.481 e. The van der Waals surface area contributed by atoms with E-state index in [1.165, 1.54) is 0 Å². The number of hydrogen-bond donors (Lipinski definition) is 2. The lowest BCUT2D eigenvalue weighted by Crippen LogP contribution is -2.51. The second-order valence-electron chi connectivity index (χ2n) is 5.72. The van der Waals surface area contributed by atoms with Crippen molar-refractivity contribution >= 4 is 11.9 Å². The van der Waals surface area contributed by atoms with Crippen LogP contribution in [-0.4, -0.2) is 22.5 Å². The van der Waals surface area contributed by atoms with Crippen molar-refractivity contribution in [3.63, 3.8) is 0 Å². The smallest absolute Gasteiger partial charge is 0.305 e. The van der Waals surface area contributed by atoms with Crippen LogP contribution in [0.5, 0.6) is 0 Å². The number of aliphatic carboxylic acids is 1. The van der Waals surface area contributed by atoms with E-state index in [0.717, 1.165) is 32.1 Å². The quantitative estimate of drug-likeness (QED) is 0.734. The lowest BCUT2D eigenvalue weighted by molar-refractivity contribution is -0.139. The van der Waals surface area contributed by atoms with Crippen molar-refractivity contribution in [2.45, 2.75) is 70.8 Å². The number of amides is 1. The van der Waals surface area contributed by atoms with E-state index in [0.29, 0.717) is 12.8 Å². The zero-order chi connectivity index (χ0) is 15.0. The van der Waals surface area contributed by atoms with Crippen molar-refractivity contribution in [3.8, 4) is 0 Å². The Hall–Kier alpha value is -1.32. The van der Waals surface area contributed by atoms with Gasteiger partial charge in [0, 0.05) is 11.5 Å². The summed E-state index contributed by atoms with van der Waals surface area (Å²) >= 11 is 0. The van der Waals surface area contributed by atoms with Gasteiger partial charge < -0.3 is 10.4 Å². The highest BCUT2D eigenvalue weighted by Gasteiger charge is 2.33. The van der Waals surface area contributed by atoms with Crippen LogP contribution in [0, 0.1) is 5.92 Å². The Balaban J connectivity index is 2.69. The fraction of sp³-hybridized carbons (Fsp3) is 0.750. The molecule has 0 bridgehead atoms. The van der Waals surface area contributed by atoms with Crippen LogP contribution >= 0.6 is 0 Å². The van der Waals surface area contributed by atoms with Gasteiger partial charge in [0.05, 0.1) is 6.42 Å². The first-order valence-corrected chi connectivity index (χ1v) is 7.72. The molecule has 2 N–H and O–H groups in total. The Labute approximate surface area is 121 Å². The molecule has 0 aromatic heterocycles. The van der Waals surface area contributed by atoms with E-state index in [-0.39, 0.29) is 18.2 Å². The van der Waals surface area contributed by atoms with Gasteiger partial charge in [0.25, 0.3) is 0 Å². The first-order chi connectivity index (χ1) is 9.53. The van der Waals surface area contributed by atoms with Crippen LogP contribution in [0.3, 0.4) is 0 Å². The average molecular weight is 281 g/mol. The van der Waals surface area contributed by atoms with Gasteiger partial charge in [0.1, 0.15) is 0 Å². The van der Waals surface area contributed by atoms with E-state index in [2.05, 4.69) is 17.5 Å². The molecule has 0 saturated carbocycles. The van der Waals surface area contributed by atoms with Crippen LogP contribution in [0.1, 0.15) is 65.2 Å². The number of carbonyl (C=O) groups is 2. The minimum absolute atomic E-state index is 0.00162. The van der Waals surface area contributed by atoms with Crippen LogP contribution in [0.2, 0.25) is 0 Å². The summed E-state index contributed by atoms with van der Waals surface area (Å²) in [5.41, 5.74) is -0.596. The minimum atomic E-state index is -0.852. The molecule has 20 heavy (non-hydrogen) atoms. The molecule has 1 amide bonds. The molecule has 0 aliphatic heterocycles. The van der Waals surface area contributed by atoms with E-state index in [1.54, 1.807) is 0 Å².